The maximum atomic E-state index is 5.58. The van der Waals surface area contributed by atoms with E-state index >= 15 is 0 Å². The zero-order valence-corrected chi connectivity index (χ0v) is 13.3. The normalized spacial score (nSPS) is 16.3. The summed E-state index contributed by atoms with van der Waals surface area (Å²) in [4.78, 5) is 6.81. The number of hydrogen-bond acceptors (Lipinski definition) is 4. The van der Waals surface area contributed by atoms with Crippen molar-refractivity contribution in [3.05, 3.63) is 24.4 Å². The molecule has 0 aliphatic carbocycles. The lowest BCUT2D eigenvalue weighted by molar-refractivity contribution is 0.128. The first-order chi connectivity index (χ1) is 10.4. The highest BCUT2D eigenvalue weighted by Crippen LogP contribution is 2.17. The molecule has 21 heavy (non-hydrogen) atoms. The number of nitrogens with zero attached hydrogens (tertiary/aromatic N) is 2. The molecule has 0 unspecified atom stereocenters. The van der Waals surface area contributed by atoms with Crippen molar-refractivity contribution in [3.63, 3.8) is 0 Å². The van der Waals surface area contributed by atoms with Gasteiger partial charge in [0.05, 0.1) is 0 Å². The van der Waals surface area contributed by atoms with Crippen LogP contribution in [0.15, 0.2) is 24.4 Å². The maximum absolute atomic E-state index is 5.58. The Morgan fingerprint density at radius 3 is 2.76 bits per heavy atom. The second-order valence-electron chi connectivity index (χ2n) is 5.72. The molecule has 2 heterocycles. The lowest BCUT2D eigenvalue weighted by Gasteiger charge is -2.33. The molecule has 1 aliphatic rings. The Labute approximate surface area is 128 Å². The first-order valence-corrected chi connectivity index (χ1v) is 8.37. The fourth-order valence-corrected chi connectivity index (χ4v) is 2.68. The molecule has 1 N–H and O–H groups in total. The third kappa shape index (κ3) is 6.02. The van der Waals surface area contributed by atoms with Gasteiger partial charge in [0.25, 0.3) is 0 Å². The molecule has 0 radical (unpaired) electrons. The molecule has 4 nitrogen and oxygen atoms in total. The molecule has 0 amide bonds. The number of unbranched alkanes of at least 4 members (excludes halogenated alkanes) is 1. The first-order valence-electron chi connectivity index (χ1n) is 8.37. The van der Waals surface area contributed by atoms with Gasteiger partial charge >= 0.3 is 0 Å². The Kier molecular flexibility index (Phi) is 7.54. The van der Waals surface area contributed by atoms with Crippen LogP contribution in [0.2, 0.25) is 0 Å². The van der Waals surface area contributed by atoms with Gasteiger partial charge in [0, 0.05) is 38.5 Å². The van der Waals surface area contributed by atoms with Crippen LogP contribution in [0, 0.1) is 0 Å². The van der Waals surface area contributed by atoms with Gasteiger partial charge < -0.3 is 15.0 Å². The van der Waals surface area contributed by atoms with Gasteiger partial charge in [-0.15, -0.1) is 0 Å². The number of aromatic nitrogens is 1. The topological polar surface area (TPSA) is 37.4 Å². The van der Waals surface area contributed by atoms with Gasteiger partial charge in [-0.25, -0.2) is 4.98 Å². The number of piperidine rings is 1. The molecule has 1 saturated heterocycles. The van der Waals surface area contributed by atoms with Gasteiger partial charge in [0.15, 0.2) is 0 Å². The lowest BCUT2D eigenvalue weighted by Crippen LogP contribution is -2.43. The van der Waals surface area contributed by atoms with Gasteiger partial charge in [0.2, 0.25) is 0 Å². The van der Waals surface area contributed by atoms with Crippen LogP contribution in [-0.4, -0.2) is 43.9 Å². The van der Waals surface area contributed by atoms with Gasteiger partial charge in [0.1, 0.15) is 5.82 Å². The van der Waals surface area contributed by atoms with Gasteiger partial charge in [-0.3, -0.25) is 0 Å². The number of rotatable bonds is 9. The summed E-state index contributed by atoms with van der Waals surface area (Å²) in [5.41, 5.74) is 0. The van der Waals surface area contributed by atoms with E-state index in [1.807, 2.05) is 12.3 Å². The van der Waals surface area contributed by atoms with E-state index in [0.29, 0.717) is 6.04 Å². The molecule has 0 saturated carbocycles. The zero-order valence-electron chi connectivity index (χ0n) is 13.3. The molecule has 0 atom stereocenters. The van der Waals surface area contributed by atoms with Crippen molar-refractivity contribution in [1.29, 1.82) is 0 Å². The Balaban J connectivity index is 1.53. The molecule has 4 heteroatoms. The fraction of sp³-hybridized carbons (Fsp3) is 0.706. The third-order valence-electron chi connectivity index (χ3n) is 4.01. The Bertz CT molecular complexity index is 364. The molecule has 118 valence electrons. The predicted molar refractivity (Wildman–Crippen MR) is 87.8 cm³/mol. The number of anilines is 1. The fourth-order valence-electron chi connectivity index (χ4n) is 2.68. The summed E-state index contributed by atoms with van der Waals surface area (Å²) in [6.45, 7) is 7.27. The summed E-state index contributed by atoms with van der Waals surface area (Å²) in [7, 11) is 0. The maximum Gasteiger partial charge on any atom is 0.128 e. The van der Waals surface area contributed by atoms with Crippen LogP contribution in [0.1, 0.15) is 39.0 Å². The van der Waals surface area contributed by atoms with Crippen LogP contribution < -0.4 is 10.2 Å². The molecule has 0 spiro atoms. The summed E-state index contributed by atoms with van der Waals surface area (Å²) < 4.78 is 5.58. The molecule has 0 bridgehead atoms. The zero-order chi connectivity index (χ0) is 14.8. The molecule has 1 fully saturated rings. The summed E-state index contributed by atoms with van der Waals surface area (Å²) in [6.07, 6.45) is 7.79. The van der Waals surface area contributed by atoms with Crippen LogP contribution in [0.4, 0.5) is 5.82 Å². The predicted octanol–water partition coefficient (Wildman–Crippen LogP) is 2.85. The molecule has 0 aromatic carbocycles. The molecule has 1 aromatic heterocycles. The van der Waals surface area contributed by atoms with Gasteiger partial charge in [-0.1, -0.05) is 19.4 Å². The van der Waals surface area contributed by atoms with Crippen molar-refractivity contribution >= 4 is 5.82 Å². The highest BCUT2D eigenvalue weighted by Gasteiger charge is 2.19. The second-order valence-corrected chi connectivity index (χ2v) is 5.72. The van der Waals surface area contributed by atoms with Crippen LogP contribution in [0.3, 0.4) is 0 Å². The van der Waals surface area contributed by atoms with Crippen LogP contribution >= 0.6 is 0 Å². The van der Waals surface area contributed by atoms with Crippen LogP contribution in [0.25, 0.3) is 0 Å². The first kappa shape index (κ1) is 16.2. The minimum Gasteiger partial charge on any atom is -0.381 e. The Morgan fingerprint density at radius 2 is 2.05 bits per heavy atom. The van der Waals surface area contributed by atoms with Crippen molar-refractivity contribution < 1.29 is 4.74 Å². The van der Waals surface area contributed by atoms with E-state index in [1.165, 1.54) is 25.7 Å². The van der Waals surface area contributed by atoms with E-state index in [0.717, 1.165) is 45.1 Å². The molecule has 1 aromatic rings. The third-order valence-corrected chi connectivity index (χ3v) is 4.01. The van der Waals surface area contributed by atoms with E-state index in [2.05, 4.69) is 34.3 Å². The average Bonchev–Trinajstić information content (AvgIpc) is 2.55. The summed E-state index contributed by atoms with van der Waals surface area (Å²) in [5, 5.41) is 3.66. The smallest absolute Gasteiger partial charge is 0.128 e. The minimum absolute atomic E-state index is 0.653. The van der Waals surface area contributed by atoms with Crippen molar-refractivity contribution in [1.82, 2.24) is 10.3 Å². The van der Waals surface area contributed by atoms with Gasteiger partial charge in [-0.2, -0.15) is 0 Å². The molecule has 1 aliphatic heterocycles. The van der Waals surface area contributed by atoms with Crippen molar-refractivity contribution in [3.8, 4) is 0 Å². The minimum atomic E-state index is 0.653. The largest absolute Gasteiger partial charge is 0.381 e. The molecule has 2 rings (SSSR count). The van der Waals surface area contributed by atoms with Crippen molar-refractivity contribution in [2.24, 2.45) is 0 Å². The SMILES string of the molecule is CCCCOCCCNC1CCN(c2ccccn2)CC1. The van der Waals surface area contributed by atoms with Crippen LogP contribution in [0.5, 0.6) is 0 Å². The summed E-state index contributed by atoms with van der Waals surface area (Å²) >= 11 is 0. The average molecular weight is 291 g/mol. The second kappa shape index (κ2) is 9.74. The molecular formula is C17H29N3O. The van der Waals surface area contributed by atoms with E-state index in [-0.39, 0.29) is 0 Å². The summed E-state index contributed by atoms with van der Waals surface area (Å²) in [5.74, 6) is 1.11. The summed E-state index contributed by atoms with van der Waals surface area (Å²) in [6, 6.07) is 6.79. The van der Waals surface area contributed by atoms with Gasteiger partial charge in [-0.05, 0) is 44.4 Å². The van der Waals surface area contributed by atoms with Crippen LogP contribution in [-0.2, 0) is 4.74 Å². The Hall–Kier alpha value is -1.13. The van der Waals surface area contributed by atoms with E-state index in [9.17, 15) is 0 Å². The highest BCUT2D eigenvalue weighted by molar-refractivity contribution is 5.38. The number of hydrogen-bond donors (Lipinski definition) is 1. The van der Waals surface area contributed by atoms with Crippen molar-refractivity contribution in [2.75, 3.05) is 37.7 Å². The standard InChI is InChI=1S/C17H29N3O/c1-2-3-14-21-15-6-11-18-16-8-12-20(13-9-16)17-7-4-5-10-19-17/h4-5,7,10,16,18H,2-3,6,8-9,11-15H2,1H3. The number of pyridine rings is 1. The lowest BCUT2D eigenvalue weighted by atomic mass is 10.0. The Morgan fingerprint density at radius 1 is 1.24 bits per heavy atom. The van der Waals surface area contributed by atoms with Crippen molar-refractivity contribution in [2.45, 2.75) is 45.1 Å². The quantitative estimate of drug-likeness (QED) is 0.710. The van der Waals surface area contributed by atoms with E-state index in [4.69, 9.17) is 4.74 Å². The number of ether oxygens (including phenoxy) is 1. The van der Waals surface area contributed by atoms with E-state index < -0.39 is 0 Å². The number of nitrogens with one attached hydrogen (secondary N) is 1. The van der Waals surface area contributed by atoms with E-state index in [1.54, 1.807) is 0 Å². The highest BCUT2D eigenvalue weighted by atomic mass is 16.5. The molecular weight excluding hydrogens is 262 g/mol. The monoisotopic (exact) mass is 291 g/mol.